The number of rotatable bonds is 7. The predicted molar refractivity (Wildman–Crippen MR) is 89.0 cm³/mol. The van der Waals surface area contributed by atoms with E-state index in [1.807, 2.05) is 7.05 Å². The highest BCUT2D eigenvalue weighted by molar-refractivity contribution is 5.78. The summed E-state index contributed by atoms with van der Waals surface area (Å²) in [5.74, 6) is 1.11. The number of benzene rings is 1. The van der Waals surface area contributed by atoms with Crippen molar-refractivity contribution in [1.29, 1.82) is 0 Å². The summed E-state index contributed by atoms with van der Waals surface area (Å²) in [6, 6.07) is 8.51. The Labute approximate surface area is 129 Å². The quantitative estimate of drug-likeness (QED) is 0.836. The van der Waals surface area contributed by atoms with Crippen LogP contribution in [0, 0.1) is 11.8 Å². The Hall–Kier alpha value is -1.35. The van der Waals surface area contributed by atoms with Gasteiger partial charge in [0.05, 0.1) is 5.92 Å². The van der Waals surface area contributed by atoms with Crippen molar-refractivity contribution in [3.8, 4) is 0 Å². The fourth-order valence-corrected chi connectivity index (χ4v) is 2.54. The SMILES string of the molecule is CC(C)CC(CN)C(=O)N(C)Cc1ccc(C(C)C)cc1. The zero-order valence-corrected chi connectivity index (χ0v) is 14.1. The fourth-order valence-electron chi connectivity index (χ4n) is 2.54. The van der Waals surface area contributed by atoms with Crippen molar-refractivity contribution >= 4 is 5.91 Å². The molecule has 0 saturated heterocycles. The Balaban J connectivity index is 2.66. The van der Waals surface area contributed by atoms with Crippen molar-refractivity contribution < 1.29 is 4.79 Å². The molecule has 0 aromatic heterocycles. The van der Waals surface area contributed by atoms with E-state index in [9.17, 15) is 4.79 Å². The normalized spacial score (nSPS) is 12.8. The molecule has 3 heteroatoms. The molecule has 1 aromatic carbocycles. The van der Waals surface area contributed by atoms with Gasteiger partial charge < -0.3 is 10.6 Å². The first-order valence-corrected chi connectivity index (χ1v) is 7.89. The molecule has 0 saturated carbocycles. The second-order valence-corrected chi connectivity index (χ2v) is 6.65. The lowest BCUT2D eigenvalue weighted by atomic mass is 9.95. The second-order valence-electron chi connectivity index (χ2n) is 6.65. The summed E-state index contributed by atoms with van der Waals surface area (Å²) >= 11 is 0. The minimum atomic E-state index is -0.0649. The standard InChI is InChI=1S/C18H30N2O/c1-13(2)10-17(11-19)18(21)20(5)12-15-6-8-16(9-7-15)14(3)4/h6-9,13-14,17H,10-12,19H2,1-5H3. The van der Waals surface area contributed by atoms with Gasteiger partial charge >= 0.3 is 0 Å². The van der Waals surface area contributed by atoms with Crippen molar-refractivity contribution in [1.82, 2.24) is 4.90 Å². The van der Waals surface area contributed by atoms with E-state index < -0.39 is 0 Å². The lowest BCUT2D eigenvalue weighted by Gasteiger charge is -2.24. The maximum absolute atomic E-state index is 12.4. The molecule has 2 N–H and O–H groups in total. The van der Waals surface area contributed by atoms with Crippen LogP contribution in [0.5, 0.6) is 0 Å². The molecular formula is C18H30N2O. The fraction of sp³-hybridized carbons (Fsp3) is 0.611. The highest BCUT2D eigenvalue weighted by Crippen LogP contribution is 2.17. The van der Waals surface area contributed by atoms with Crippen LogP contribution in [-0.4, -0.2) is 24.4 Å². The number of hydrogen-bond acceptors (Lipinski definition) is 2. The summed E-state index contributed by atoms with van der Waals surface area (Å²) in [6.07, 6.45) is 0.853. The van der Waals surface area contributed by atoms with Crippen LogP contribution in [0.25, 0.3) is 0 Å². The Kier molecular flexibility index (Phi) is 6.90. The van der Waals surface area contributed by atoms with Gasteiger partial charge in [-0.3, -0.25) is 4.79 Å². The summed E-state index contributed by atoms with van der Waals surface area (Å²) in [7, 11) is 1.86. The zero-order valence-electron chi connectivity index (χ0n) is 14.1. The Morgan fingerprint density at radius 1 is 1.14 bits per heavy atom. The van der Waals surface area contributed by atoms with E-state index >= 15 is 0 Å². The van der Waals surface area contributed by atoms with Gasteiger partial charge in [0.1, 0.15) is 0 Å². The van der Waals surface area contributed by atoms with E-state index in [4.69, 9.17) is 5.73 Å². The van der Waals surface area contributed by atoms with E-state index in [2.05, 4.69) is 52.0 Å². The summed E-state index contributed by atoms with van der Waals surface area (Å²) in [6.45, 7) is 9.69. The number of nitrogens with zero attached hydrogens (tertiary/aromatic N) is 1. The number of hydrogen-bond donors (Lipinski definition) is 1. The van der Waals surface area contributed by atoms with Gasteiger partial charge in [0, 0.05) is 20.1 Å². The third-order valence-electron chi connectivity index (χ3n) is 3.83. The molecule has 1 atom stereocenters. The van der Waals surface area contributed by atoms with Crippen molar-refractivity contribution in [3.63, 3.8) is 0 Å². The maximum Gasteiger partial charge on any atom is 0.227 e. The predicted octanol–water partition coefficient (Wildman–Crippen LogP) is 3.39. The number of carbonyl (C=O) groups excluding carboxylic acids is 1. The number of amides is 1. The summed E-state index contributed by atoms with van der Waals surface area (Å²) in [5, 5.41) is 0. The first-order valence-electron chi connectivity index (χ1n) is 7.89. The van der Waals surface area contributed by atoms with Crippen LogP contribution in [0.1, 0.15) is 51.2 Å². The lowest BCUT2D eigenvalue weighted by Crippen LogP contribution is -2.37. The third kappa shape index (κ3) is 5.50. The van der Waals surface area contributed by atoms with Gasteiger partial charge in [-0.15, -0.1) is 0 Å². The van der Waals surface area contributed by atoms with Crippen LogP contribution in [0.4, 0.5) is 0 Å². The van der Waals surface area contributed by atoms with Crippen molar-refractivity contribution in [2.45, 2.75) is 46.6 Å². The van der Waals surface area contributed by atoms with Gasteiger partial charge in [-0.25, -0.2) is 0 Å². The van der Waals surface area contributed by atoms with E-state index in [1.165, 1.54) is 5.56 Å². The van der Waals surface area contributed by atoms with Crippen LogP contribution in [0.15, 0.2) is 24.3 Å². The van der Waals surface area contributed by atoms with Gasteiger partial charge in [-0.2, -0.15) is 0 Å². The Morgan fingerprint density at radius 3 is 2.14 bits per heavy atom. The second kappa shape index (κ2) is 8.18. The molecule has 0 radical (unpaired) electrons. The van der Waals surface area contributed by atoms with E-state index in [1.54, 1.807) is 4.90 Å². The topological polar surface area (TPSA) is 46.3 Å². The van der Waals surface area contributed by atoms with Crippen LogP contribution >= 0.6 is 0 Å². The van der Waals surface area contributed by atoms with Gasteiger partial charge in [0.25, 0.3) is 0 Å². The summed E-state index contributed by atoms with van der Waals surface area (Å²) in [5.41, 5.74) is 8.25. The summed E-state index contributed by atoms with van der Waals surface area (Å²) in [4.78, 5) is 14.2. The van der Waals surface area contributed by atoms with E-state index in [0.717, 1.165) is 12.0 Å². The molecule has 0 aliphatic heterocycles. The first kappa shape index (κ1) is 17.7. The Morgan fingerprint density at radius 2 is 1.71 bits per heavy atom. The molecule has 0 aliphatic carbocycles. The monoisotopic (exact) mass is 290 g/mol. The maximum atomic E-state index is 12.4. The molecule has 3 nitrogen and oxygen atoms in total. The summed E-state index contributed by atoms with van der Waals surface area (Å²) < 4.78 is 0. The van der Waals surface area contributed by atoms with Crippen LogP contribution in [0.2, 0.25) is 0 Å². The van der Waals surface area contributed by atoms with Crippen molar-refractivity contribution in [2.24, 2.45) is 17.6 Å². The molecule has 0 heterocycles. The van der Waals surface area contributed by atoms with Gasteiger partial charge in [0.15, 0.2) is 0 Å². The third-order valence-corrected chi connectivity index (χ3v) is 3.83. The first-order chi connectivity index (χ1) is 9.85. The molecule has 0 bridgehead atoms. The zero-order chi connectivity index (χ0) is 16.0. The minimum absolute atomic E-state index is 0.0649. The van der Waals surface area contributed by atoms with Gasteiger partial charge in [-0.1, -0.05) is 52.0 Å². The molecule has 118 valence electrons. The molecule has 1 aromatic rings. The molecule has 0 fully saturated rings. The van der Waals surface area contributed by atoms with E-state index in [-0.39, 0.29) is 11.8 Å². The Bertz CT molecular complexity index is 437. The number of carbonyl (C=O) groups is 1. The molecule has 0 aliphatic rings. The van der Waals surface area contributed by atoms with Crippen molar-refractivity contribution in [2.75, 3.05) is 13.6 Å². The van der Waals surface area contributed by atoms with E-state index in [0.29, 0.717) is 24.9 Å². The highest BCUT2D eigenvalue weighted by Gasteiger charge is 2.21. The lowest BCUT2D eigenvalue weighted by molar-refractivity contribution is -0.134. The molecule has 1 rings (SSSR count). The molecular weight excluding hydrogens is 260 g/mol. The molecule has 21 heavy (non-hydrogen) atoms. The smallest absolute Gasteiger partial charge is 0.227 e. The van der Waals surface area contributed by atoms with Crippen LogP contribution < -0.4 is 5.73 Å². The van der Waals surface area contributed by atoms with Crippen LogP contribution in [0.3, 0.4) is 0 Å². The average Bonchev–Trinajstić information content (AvgIpc) is 2.44. The van der Waals surface area contributed by atoms with Crippen LogP contribution in [-0.2, 0) is 11.3 Å². The van der Waals surface area contributed by atoms with Gasteiger partial charge in [-0.05, 0) is 29.4 Å². The number of nitrogens with two attached hydrogens (primary N) is 1. The average molecular weight is 290 g/mol. The van der Waals surface area contributed by atoms with Gasteiger partial charge in [0.2, 0.25) is 5.91 Å². The highest BCUT2D eigenvalue weighted by atomic mass is 16.2. The van der Waals surface area contributed by atoms with Crippen molar-refractivity contribution in [3.05, 3.63) is 35.4 Å². The molecule has 1 amide bonds. The molecule has 1 unspecified atom stereocenters. The molecule has 0 spiro atoms. The minimum Gasteiger partial charge on any atom is -0.341 e. The largest absolute Gasteiger partial charge is 0.341 e.